The zero-order valence-corrected chi connectivity index (χ0v) is 15.5. The molecule has 1 atom stereocenters. The molecule has 2 aromatic rings. The molecule has 1 heterocycles. The molecule has 2 aromatic carbocycles. The summed E-state index contributed by atoms with van der Waals surface area (Å²) in [6.07, 6.45) is 1.22. The topological polar surface area (TPSA) is 49.4 Å². The highest BCUT2D eigenvalue weighted by atomic mass is 19.2. The maximum Gasteiger partial charge on any atom is 0.253 e. The van der Waals surface area contributed by atoms with Crippen molar-refractivity contribution in [2.45, 2.75) is 26.3 Å². The van der Waals surface area contributed by atoms with Crippen molar-refractivity contribution < 1.29 is 22.8 Å². The zero-order valence-electron chi connectivity index (χ0n) is 15.5. The summed E-state index contributed by atoms with van der Waals surface area (Å²) < 4.78 is 39.5. The lowest BCUT2D eigenvalue weighted by Gasteiger charge is -2.39. The number of nitrogens with zero attached hydrogens (tertiary/aromatic N) is 1. The minimum Gasteiger partial charge on any atom is -0.351 e. The summed E-state index contributed by atoms with van der Waals surface area (Å²) in [4.78, 5) is 26.9. The summed E-state index contributed by atoms with van der Waals surface area (Å²) in [6, 6.07) is 8.87. The summed E-state index contributed by atoms with van der Waals surface area (Å²) in [6.45, 7) is 2.66. The lowest BCUT2D eigenvalue weighted by molar-refractivity contribution is -0.132. The Morgan fingerprint density at radius 1 is 1.07 bits per heavy atom. The van der Waals surface area contributed by atoms with Crippen molar-refractivity contribution in [3.63, 3.8) is 0 Å². The van der Waals surface area contributed by atoms with Gasteiger partial charge in [-0.2, -0.15) is 0 Å². The Labute approximate surface area is 161 Å². The van der Waals surface area contributed by atoms with Crippen LogP contribution in [0.4, 0.5) is 13.2 Å². The van der Waals surface area contributed by atoms with Gasteiger partial charge in [-0.25, -0.2) is 13.2 Å². The molecule has 4 nitrogen and oxygen atoms in total. The highest BCUT2D eigenvalue weighted by Crippen LogP contribution is 2.31. The van der Waals surface area contributed by atoms with E-state index in [1.165, 1.54) is 23.1 Å². The van der Waals surface area contributed by atoms with Crippen molar-refractivity contribution in [1.29, 1.82) is 0 Å². The van der Waals surface area contributed by atoms with Crippen LogP contribution < -0.4 is 5.32 Å². The second kappa shape index (κ2) is 8.04. The van der Waals surface area contributed by atoms with Gasteiger partial charge in [-0.05, 0) is 55.7 Å². The molecule has 0 saturated carbocycles. The first-order valence-corrected chi connectivity index (χ1v) is 9.05. The SMILES string of the molecule is C[C@]1(C(=O)NCc2ccc(F)cc2)CCCN(C(=O)c2ccc(F)c(F)c2)C1. The first-order valence-electron chi connectivity index (χ1n) is 9.05. The predicted molar refractivity (Wildman–Crippen MR) is 97.8 cm³/mol. The number of rotatable bonds is 4. The molecule has 2 amide bonds. The minimum absolute atomic E-state index is 0.0508. The van der Waals surface area contributed by atoms with Crippen LogP contribution in [0.1, 0.15) is 35.7 Å². The van der Waals surface area contributed by atoms with Crippen molar-refractivity contribution >= 4 is 11.8 Å². The highest BCUT2D eigenvalue weighted by Gasteiger charge is 2.39. The molecule has 0 spiro atoms. The van der Waals surface area contributed by atoms with E-state index in [2.05, 4.69) is 5.32 Å². The van der Waals surface area contributed by atoms with Gasteiger partial charge >= 0.3 is 0 Å². The number of piperidine rings is 1. The van der Waals surface area contributed by atoms with E-state index in [4.69, 9.17) is 0 Å². The van der Waals surface area contributed by atoms with E-state index in [0.29, 0.717) is 19.4 Å². The minimum atomic E-state index is -1.08. The molecule has 28 heavy (non-hydrogen) atoms. The first kappa shape index (κ1) is 19.9. The van der Waals surface area contributed by atoms with E-state index in [1.807, 2.05) is 0 Å². The van der Waals surface area contributed by atoms with Crippen molar-refractivity contribution in [2.75, 3.05) is 13.1 Å². The molecule has 0 radical (unpaired) electrons. The fourth-order valence-corrected chi connectivity index (χ4v) is 3.41. The third-order valence-electron chi connectivity index (χ3n) is 5.06. The predicted octanol–water partition coefficient (Wildman–Crippen LogP) is 3.66. The number of nitrogens with one attached hydrogen (secondary N) is 1. The summed E-state index contributed by atoms with van der Waals surface area (Å²) in [5.74, 6) is -3.08. The van der Waals surface area contributed by atoms with Gasteiger partial charge < -0.3 is 10.2 Å². The van der Waals surface area contributed by atoms with E-state index in [0.717, 1.165) is 17.7 Å². The van der Waals surface area contributed by atoms with Crippen molar-refractivity contribution in [2.24, 2.45) is 5.41 Å². The second-order valence-electron chi connectivity index (χ2n) is 7.33. The number of likely N-dealkylation sites (tertiary alicyclic amines) is 1. The van der Waals surface area contributed by atoms with Crippen LogP contribution in [0.25, 0.3) is 0 Å². The highest BCUT2D eigenvalue weighted by molar-refractivity contribution is 5.95. The Kier molecular flexibility index (Phi) is 5.72. The third kappa shape index (κ3) is 4.35. The van der Waals surface area contributed by atoms with Crippen LogP contribution in [-0.2, 0) is 11.3 Å². The number of amides is 2. The molecule has 1 N–H and O–H groups in total. The Morgan fingerprint density at radius 3 is 2.46 bits per heavy atom. The van der Waals surface area contributed by atoms with E-state index < -0.39 is 23.0 Å². The fraction of sp³-hybridized carbons (Fsp3) is 0.333. The first-order chi connectivity index (χ1) is 13.3. The Hall–Kier alpha value is -2.83. The normalized spacial score (nSPS) is 19.4. The van der Waals surface area contributed by atoms with E-state index in [9.17, 15) is 22.8 Å². The second-order valence-corrected chi connectivity index (χ2v) is 7.33. The lowest BCUT2D eigenvalue weighted by Crippen LogP contribution is -2.51. The molecule has 7 heteroatoms. The Balaban J connectivity index is 1.66. The van der Waals surface area contributed by atoms with E-state index in [1.54, 1.807) is 19.1 Å². The summed E-state index contributed by atoms with van der Waals surface area (Å²) >= 11 is 0. The monoisotopic (exact) mass is 390 g/mol. The number of hydrogen-bond donors (Lipinski definition) is 1. The molecule has 3 rings (SSSR count). The largest absolute Gasteiger partial charge is 0.351 e. The molecular weight excluding hydrogens is 369 g/mol. The molecule has 0 aliphatic carbocycles. The van der Waals surface area contributed by atoms with Gasteiger partial charge in [-0.15, -0.1) is 0 Å². The number of benzene rings is 2. The number of halogens is 3. The van der Waals surface area contributed by atoms with Gasteiger partial charge in [0.2, 0.25) is 5.91 Å². The molecular formula is C21H21F3N2O2. The van der Waals surface area contributed by atoms with Crippen LogP contribution >= 0.6 is 0 Å². The van der Waals surface area contributed by atoms with Crippen LogP contribution in [-0.4, -0.2) is 29.8 Å². The molecule has 148 valence electrons. The molecule has 1 fully saturated rings. The Morgan fingerprint density at radius 2 is 1.79 bits per heavy atom. The van der Waals surface area contributed by atoms with Gasteiger partial charge in [0.1, 0.15) is 5.82 Å². The zero-order chi connectivity index (χ0) is 20.3. The average Bonchev–Trinajstić information content (AvgIpc) is 2.69. The van der Waals surface area contributed by atoms with Crippen molar-refractivity contribution in [3.8, 4) is 0 Å². The quantitative estimate of drug-likeness (QED) is 0.866. The summed E-state index contributed by atoms with van der Waals surface area (Å²) in [5, 5.41) is 2.84. The van der Waals surface area contributed by atoms with Gasteiger partial charge in [-0.3, -0.25) is 9.59 Å². The van der Waals surface area contributed by atoms with Crippen LogP contribution in [0.5, 0.6) is 0 Å². The van der Waals surface area contributed by atoms with Crippen LogP contribution in [0, 0.1) is 22.9 Å². The Bertz CT molecular complexity index is 886. The standard InChI is InChI=1S/C21H21F3N2O2/c1-21(20(28)25-12-14-3-6-16(22)7-4-14)9-2-10-26(13-21)19(27)15-5-8-17(23)18(24)11-15/h3-8,11H,2,9-10,12-13H2,1H3,(H,25,28)/t21-/m0/s1. The van der Waals surface area contributed by atoms with Gasteiger partial charge in [0.25, 0.3) is 5.91 Å². The number of carbonyl (C=O) groups excluding carboxylic acids is 2. The molecule has 1 saturated heterocycles. The van der Waals surface area contributed by atoms with E-state index in [-0.39, 0.29) is 30.4 Å². The van der Waals surface area contributed by atoms with Crippen molar-refractivity contribution in [3.05, 3.63) is 71.0 Å². The summed E-state index contributed by atoms with van der Waals surface area (Å²) in [7, 11) is 0. The van der Waals surface area contributed by atoms with Gasteiger partial charge in [0.15, 0.2) is 11.6 Å². The van der Waals surface area contributed by atoms with Crippen LogP contribution in [0.3, 0.4) is 0 Å². The fourth-order valence-electron chi connectivity index (χ4n) is 3.41. The van der Waals surface area contributed by atoms with E-state index >= 15 is 0 Å². The maximum atomic E-state index is 13.4. The van der Waals surface area contributed by atoms with Crippen LogP contribution in [0.2, 0.25) is 0 Å². The number of carbonyl (C=O) groups is 2. The van der Waals surface area contributed by atoms with Gasteiger partial charge in [0, 0.05) is 25.2 Å². The summed E-state index contributed by atoms with van der Waals surface area (Å²) in [5.41, 5.74) is 0.0192. The molecule has 0 aromatic heterocycles. The smallest absolute Gasteiger partial charge is 0.253 e. The maximum absolute atomic E-state index is 13.4. The van der Waals surface area contributed by atoms with Crippen LogP contribution in [0.15, 0.2) is 42.5 Å². The van der Waals surface area contributed by atoms with Crippen molar-refractivity contribution in [1.82, 2.24) is 10.2 Å². The molecule has 0 unspecified atom stereocenters. The average molecular weight is 390 g/mol. The lowest BCUT2D eigenvalue weighted by atomic mass is 9.80. The van der Waals surface area contributed by atoms with Gasteiger partial charge in [-0.1, -0.05) is 12.1 Å². The molecule has 1 aliphatic rings. The van der Waals surface area contributed by atoms with Gasteiger partial charge in [0.05, 0.1) is 5.41 Å². The molecule has 0 bridgehead atoms. The molecule has 1 aliphatic heterocycles. The number of hydrogen-bond acceptors (Lipinski definition) is 2. The third-order valence-corrected chi connectivity index (χ3v) is 5.06.